The smallest absolute Gasteiger partial charge is 0.211 e. The van der Waals surface area contributed by atoms with E-state index < -0.39 is 0 Å². The van der Waals surface area contributed by atoms with Gasteiger partial charge < -0.3 is 9.13 Å². The quantitative estimate of drug-likeness (QED) is 0.177. The molecule has 0 bridgehead atoms. The van der Waals surface area contributed by atoms with Crippen LogP contribution < -0.4 is 0 Å². The molecule has 0 aliphatic carbocycles. The molecule has 2 aromatic heterocycles. The molecule has 0 unspecified atom stereocenters. The van der Waals surface area contributed by atoms with Gasteiger partial charge in [0.2, 0.25) is 5.69 Å². The highest BCUT2D eigenvalue weighted by Crippen LogP contribution is 2.44. The lowest BCUT2D eigenvalue weighted by molar-refractivity contribution is 1.18. The molecule has 0 aliphatic heterocycles. The third-order valence-corrected chi connectivity index (χ3v) is 9.36. The van der Waals surface area contributed by atoms with Crippen molar-refractivity contribution in [3.8, 4) is 33.6 Å². The van der Waals surface area contributed by atoms with Gasteiger partial charge in [0.15, 0.2) is 5.69 Å². The van der Waals surface area contributed by atoms with E-state index in [4.69, 9.17) is 13.1 Å². The summed E-state index contributed by atoms with van der Waals surface area (Å²) in [6, 6.07) is 54.4. The van der Waals surface area contributed by atoms with E-state index in [9.17, 15) is 0 Å². The molecule has 0 N–H and O–H groups in total. The number of hydrogen-bond acceptors (Lipinski definition) is 0. The highest BCUT2D eigenvalue weighted by Gasteiger charge is 2.21. The second-order valence-corrected chi connectivity index (χ2v) is 11.9. The third kappa shape index (κ3) is 4.07. The number of nitrogens with zero attached hydrogens (tertiary/aromatic N) is 4. The van der Waals surface area contributed by atoms with Crippen LogP contribution in [0.1, 0.15) is 0 Å². The first kappa shape index (κ1) is 27.4. The Kier molecular flexibility index (Phi) is 6.22. The molecule has 0 radical (unpaired) electrons. The third-order valence-electron chi connectivity index (χ3n) is 9.36. The van der Waals surface area contributed by atoms with E-state index in [2.05, 4.69) is 134 Å². The molecule has 0 saturated carbocycles. The zero-order valence-electron chi connectivity index (χ0n) is 25.8. The van der Waals surface area contributed by atoms with Gasteiger partial charge in [0, 0.05) is 32.7 Å². The summed E-state index contributed by atoms with van der Waals surface area (Å²) in [6.45, 7) is 16.0. The SMILES string of the molecule is [C-]#[N+]c1ccc2c3ccccc3n(-c3c([N+]#[C-])cccc3-c3ccccc3-c3cccc(-n4c5ccccc5c5ccccc54)c3)c2c1. The van der Waals surface area contributed by atoms with Gasteiger partial charge in [-0.05, 0) is 58.7 Å². The molecular weight excluding hydrogens is 585 g/mol. The molecule has 0 spiro atoms. The zero-order chi connectivity index (χ0) is 32.2. The van der Waals surface area contributed by atoms with Crippen molar-refractivity contribution in [2.45, 2.75) is 0 Å². The minimum absolute atomic E-state index is 0.553. The first-order valence-electron chi connectivity index (χ1n) is 15.8. The number of hydrogen-bond donors (Lipinski definition) is 0. The molecule has 7 aromatic carbocycles. The highest BCUT2D eigenvalue weighted by molar-refractivity contribution is 6.12. The van der Waals surface area contributed by atoms with E-state index in [0.717, 1.165) is 55.4 Å². The maximum absolute atomic E-state index is 8.26. The fourth-order valence-corrected chi connectivity index (χ4v) is 7.33. The lowest BCUT2D eigenvalue weighted by Gasteiger charge is -2.19. The summed E-state index contributed by atoms with van der Waals surface area (Å²) in [5, 5.41) is 4.59. The van der Waals surface area contributed by atoms with E-state index in [0.29, 0.717) is 11.4 Å². The second kappa shape index (κ2) is 10.9. The number of rotatable bonds is 4. The Morgan fingerprint density at radius 2 is 0.958 bits per heavy atom. The number of benzene rings is 7. The zero-order valence-corrected chi connectivity index (χ0v) is 25.8. The van der Waals surface area contributed by atoms with Crippen LogP contribution >= 0.6 is 0 Å². The second-order valence-electron chi connectivity index (χ2n) is 11.9. The Labute approximate surface area is 277 Å². The van der Waals surface area contributed by atoms with Crippen LogP contribution in [0.2, 0.25) is 0 Å². The summed E-state index contributed by atoms with van der Waals surface area (Å²) in [7, 11) is 0. The van der Waals surface area contributed by atoms with Crippen molar-refractivity contribution in [3.05, 3.63) is 181 Å². The van der Waals surface area contributed by atoms with E-state index >= 15 is 0 Å². The van der Waals surface area contributed by atoms with Crippen molar-refractivity contribution >= 4 is 55.0 Å². The van der Waals surface area contributed by atoms with Gasteiger partial charge in [-0.25, -0.2) is 9.69 Å². The summed E-state index contributed by atoms with van der Waals surface area (Å²) in [4.78, 5) is 7.79. The topological polar surface area (TPSA) is 18.6 Å². The van der Waals surface area contributed by atoms with Crippen LogP contribution in [0.15, 0.2) is 158 Å². The fraction of sp³-hybridized carbons (Fsp3) is 0. The molecule has 0 amide bonds. The van der Waals surface area contributed by atoms with Crippen LogP contribution in [0, 0.1) is 13.1 Å². The average molecular weight is 611 g/mol. The summed E-state index contributed by atoms with van der Waals surface area (Å²) >= 11 is 0. The lowest BCUT2D eigenvalue weighted by Crippen LogP contribution is -1.99. The van der Waals surface area contributed by atoms with Crippen LogP contribution in [0.3, 0.4) is 0 Å². The van der Waals surface area contributed by atoms with Crippen LogP contribution in [-0.4, -0.2) is 9.13 Å². The normalized spacial score (nSPS) is 11.3. The summed E-state index contributed by atoms with van der Waals surface area (Å²) in [5.41, 5.74) is 11.4. The van der Waals surface area contributed by atoms with Crippen molar-refractivity contribution in [1.82, 2.24) is 9.13 Å². The molecule has 222 valence electrons. The average Bonchev–Trinajstić information content (AvgIpc) is 3.67. The Morgan fingerprint density at radius 1 is 0.396 bits per heavy atom. The van der Waals surface area contributed by atoms with E-state index in [1.165, 1.54) is 21.8 Å². The van der Waals surface area contributed by atoms with Crippen LogP contribution in [-0.2, 0) is 0 Å². The fourth-order valence-electron chi connectivity index (χ4n) is 7.33. The predicted molar refractivity (Wildman–Crippen MR) is 199 cm³/mol. The van der Waals surface area contributed by atoms with Crippen LogP contribution in [0.5, 0.6) is 0 Å². The number of aromatic nitrogens is 2. The van der Waals surface area contributed by atoms with Gasteiger partial charge in [0.1, 0.15) is 0 Å². The van der Waals surface area contributed by atoms with Gasteiger partial charge >= 0.3 is 0 Å². The van der Waals surface area contributed by atoms with Gasteiger partial charge in [-0.2, -0.15) is 0 Å². The molecular formula is C44H26N4. The van der Waals surface area contributed by atoms with E-state index in [-0.39, 0.29) is 0 Å². The minimum Gasteiger partial charge on any atom is -0.320 e. The molecule has 4 heteroatoms. The van der Waals surface area contributed by atoms with Crippen molar-refractivity contribution in [3.63, 3.8) is 0 Å². The van der Waals surface area contributed by atoms with Gasteiger partial charge in [0.25, 0.3) is 0 Å². The van der Waals surface area contributed by atoms with Crippen molar-refractivity contribution in [1.29, 1.82) is 0 Å². The Hall–Kier alpha value is -6.88. The maximum atomic E-state index is 8.26. The summed E-state index contributed by atoms with van der Waals surface area (Å²) in [5.74, 6) is 0. The van der Waals surface area contributed by atoms with E-state index in [1.807, 2.05) is 42.5 Å². The van der Waals surface area contributed by atoms with Crippen molar-refractivity contribution < 1.29 is 0 Å². The number of para-hydroxylation sites is 4. The molecule has 0 aliphatic rings. The molecule has 48 heavy (non-hydrogen) atoms. The first-order valence-corrected chi connectivity index (χ1v) is 15.8. The molecule has 0 atom stereocenters. The maximum Gasteiger partial charge on any atom is 0.211 e. The minimum atomic E-state index is 0.553. The van der Waals surface area contributed by atoms with Gasteiger partial charge in [-0.1, -0.05) is 121 Å². The molecule has 9 aromatic rings. The van der Waals surface area contributed by atoms with Gasteiger partial charge in [0.05, 0.1) is 35.4 Å². The van der Waals surface area contributed by atoms with Crippen molar-refractivity contribution in [2.24, 2.45) is 0 Å². The Bertz CT molecular complexity index is 2760. The summed E-state index contributed by atoms with van der Waals surface area (Å²) in [6.07, 6.45) is 0. The Morgan fingerprint density at radius 3 is 1.62 bits per heavy atom. The highest BCUT2D eigenvalue weighted by atomic mass is 15.0. The monoisotopic (exact) mass is 610 g/mol. The Balaban J connectivity index is 1.30. The predicted octanol–water partition coefficient (Wildman–Crippen LogP) is 12.3. The van der Waals surface area contributed by atoms with E-state index in [1.54, 1.807) is 0 Å². The van der Waals surface area contributed by atoms with Gasteiger partial charge in [-0.3, -0.25) is 0 Å². The first-order chi connectivity index (χ1) is 23.7. The lowest BCUT2D eigenvalue weighted by atomic mass is 9.92. The molecule has 0 saturated heterocycles. The van der Waals surface area contributed by atoms with Gasteiger partial charge in [-0.15, -0.1) is 0 Å². The molecule has 0 fully saturated rings. The number of fused-ring (bicyclic) bond motifs is 6. The summed E-state index contributed by atoms with van der Waals surface area (Å²) < 4.78 is 4.52. The molecule has 2 heterocycles. The molecule has 9 rings (SSSR count). The molecule has 4 nitrogen and oxygen atoms in total. The standard InChI is InChI=1S/C44H26N4/c1-45-30-25-26-37-36-19-7-10-24-42(36)48(43(37)28-30)44-38(20-12-21-39(44)46-2)33-16-4-3-15-32(33)29-13-11-14-31(27-29)47-40-22-8-5-17-34(40)35-18-6-9-23-41(35)47/h3-28H. The van der Waals surface area contributed by atoms with Crippen LogP contribution in [0.25, 0.3) is 86.9 Å². The largest absolute Gasteiger partial charge is 0.320 e. The van der Waals surface area contributed by atoms with Crippen LogP contribution in [0.4, 0.5) is 11.4 Å². The van der Waals surface area contributed by atoms with Crippen molar-refractivity contribution in [2.75, 3.05) is 0 Å².